The number of carboxylic acids is 1. The minimum absolute atomic E-state index is 0.00498. The Morgan fingerprint density at radius 1 is 0.972 bits per heavy atom. The number of aliphatic hydroxyl groups excluding tert-OH is 1. The highest BCUT2D eigenvalue weighted by molar-refractivity contribution is 6.02. The number of rotatable bonds is 1. The molecule has 198 valence electrons. The summed E-state index contributed by atoms with van der Waals surface area (Å²) in [6.45, 7) is 15.0. The number of hydrogen-bond donors (Lipinski definition) is 2. The normalized spacial score (nSPS) is 50.9. The number of hydrogen-bond acceptors (Lipinski definition) is 4. The van der Waals surface area contributed by atoms with Crippen molar-refractivity contribution in [2.24, 2.45) is 50.2 Å². The maximum absolute atomic E-state index is 14.3. The highest BCUT2D eigenvalue weighted by Gasteiger charge is 2.70. The molecule has 8 atom stereocenters. The third-order valence-corrected chi connectivity index (χ3v) is 12.8. The third-order valence-electron chi connectivity index (χ3n) is 12.8. The van der Waals surface area contributed by atoms with Crippen molar-refractivity contribution in [1.82, 2.24) is 0 Å². The Kier molecular flexibility index (Phi) is 5.25. The fourth-order valence-electron chi connectivity index (χ4n) is 10.3. The smallest absolute Gasteiger partial charge is 0.309 e. The van der Waals surface area contributed by atoms with Gasteiger partial charge in [-0.25, -0.2) is 0 Å². The van der Waals surface area contributed by atoms with E-state index in [0.717, 1.165) is 38.4 Å². The van der Waals surface area contributed by atoms with Crippen molar-refractivity contribution in [3.05, 3.63) is 23.5 Å². The van der Waals surface area contributed by atoms with E-state index < -0.39 is 22.2 Å². The topological polar surface area (TPSA) is 91.7 Å². The van der Waals surface area contributed by atoms with Gasteiger partial charge in [-0.15, -0.1) is 0 Å². The van der Waals surface area contributed by atoms with Gasteiger partial charge in [0.05, 0.1) is 11.7 Å². The van der Waals surface area contributed by atoms with Crippen molar-refractivity contribution in [2.45, 2.75) is 99.8 Å². The molecule has 0 saturated heterocycles. The largest absolute Gasteiger partial charge is 0.515 e. The van der Waals surface area contributed by atoms with Crippen LogP contribution in [0.25, 0.3) is 0 Å². The number of aliphatic carboxylic acids is 1. The lowest BCUT2D eigenvalue weighted by molar-refractivity contribution is -0.183. The quantitative estimate of drug-likeness (QED) is 0.312. The molecule has 4 saturated carbocycles. The van der Waals surface area contributed by atoms with E-state index in [2.05, 4.69) is 27.7 Å². The van der Waals surface area contributed by atoms with Gasteiger partial charge in [-0.1, -0.05) is 47.1 Å². The molecule has 0 amide bonds. The van der Waals surface area contributed by atoms with Crippen LogP contribution in [0.4, 0.5) is 0 Å². The minimum atomic E-state index is -0.762. The molecule has 2 N–H and O–H groups in total. The number of Topliss-reactive ketones (excluding diaryl/α,β-unsaturated/α-hetero) is 1. The first-order valence-corrected chi connectivity index (χ1v) is 13.9. The van der Waals surface area contributed by atoms with Crippen molar-refractivity contribution in [3.8, 4) is 0 Å². The number of carbonyl (C=O) groups is 3. The molecule has 5 aliphatic rings. The number of carboxylic acid groups (broad SMARTS) is 1. The van der Waals surface area contributed by atoms with Crippen molar-refractivity contribution >= 4 is 17.5 Å². The van der Waals surface area contributed by atoms with E-state index in [0.29, 0.717) is 24.8 Å². The molecule has 0 aliphatic heterocycles. The number of fused-ring (bicyclic) bond motifs is 7. The molecule has 4 fully saturated rings. The Balaban J connectivity index is 1.65. The Hall–Kier alpha value is -1.91. The summed E-state index contributed by atoms with van der Waals surface area (Å²) in [5.41, 5.74) is -0.645. The molecule has 0 unspecified atom stereocenters. The predicted octanol–water partition coefficient (Wildman–Crippen LogP) is 6.67. The molecule has 0 aromatic heterocycles. The van der Waals surface area contributed by atoms with Gasteiger partial charge < -0.3 is 10.2 Å². The van der Waals surface area contributed by atoms with Crippen LogP contribution in [0.15, 0.2) is 23.5 Å². The maximum Gasteiger partial charge on any atom is 0.309 e. The van der Waals surface area contributed by atoms with E-state index in [1.807, 2.05) is 26.8 Å². The Morgan fingerprint density at radius 3 is 2.22 bits per heavy atom. The van der Waals surface area contributed by atoms with Gasteiger partial charge in [-0.3, -0.25) is 14.4 Å². The maximum atomic E-state index is 14.3. The summed E-state index contributed by atoms with van der Waals surface area (Å²) in [6.07, 6.45) is 9.31. The fraction of sp³-hybridized carbons (Fsp3) is 0.774. The van der Waals surface area contributed by atoms with Crippen LogP contribution in [0, 0.1) is 50.2 Å². The second kappa shape index (κ2) is 7.35. The van der Waals surface area contributed by atoms with Gasteiger partial charge in [0.2, 0.25) is 0 Å². The predicted molar refractivity (Wildman–Crippen MR) is 138 cm³/mol. The van der Waals surface area contributed by atoms with Crippen LogP contribution < -0.4 is 0 Å². The van der Waals surface area contributed by atoms with Gasteiger partial charge in [-0.05, 0) is 97.9 Å². The fourth-order valence-corrected chi connectivity index (χ4v) is 10.3. The molecule has 5 aliphatic carbocycles. The summed E-state index contributed by atoms with van der Waals surface area (Å²) in [5.74, 6) is -0.652. The second-order valence-electron chi connectivity index (χ2n) is 14.9. The lowest BCUT2D eigenvalue weighted by Crippen LogP contribution is -2.66. The Morgan fingerprint density at radius 2 is 1.61 bits per heavy atom. The van der Waals surface area contributed by atoms with E-state index in [1.165, 1.54) is 5.57 Å². The van der Waals surface area contributed by atoms with Gasteiger partial charge in [0.15, 0.2) is 11.6 Å². The molecule has 0 aromatic rings. The molecule has 5 nitrogen and oxygen atoms in total. The highest BCUT2D eigenvalue weighted by Crippen LogP contribution is 2.75. The van der Waals surface area contributed by atoms with Gasteiger partial charge >= 0.3 is 5.97 Å². The molecule has 0 aromatic carbocycles. The summed E-state index contributed by atoms with van der Waals surface area (Å²) in [6, 6.07) is 0. The molecule has 0 spiro atoms. The van der Waals surface area contributed by atoms with Crippen molar-refractivity contribution < 1.29 is 24.6 Å². The van der Waals surface area contributed by atoms with Gasteiger partial charge in [-0.2, -0.15) is 0 Å². The molecular weight excluding hydrogens is 452 g/mol. The summed E-state index contributed by atoms with van der Waals surface area (Å²) >= 11 is 0. The first-order chi connectivity index (χ1) is 16.5. The van der Waals surface area contributed by atoms with Crippen molar-refractivity contribution in [1.29, 1.82) is 0 Å². The van der Waals surface area contributed by atoms with Crippen molar-refractivity contribution in [3.63, 3.8) is 0 Å². The second-order valence-corrected chi connectivity index (χ2v) is 14.9. The standard InChI is InChI=1S/C31H44O5/c1-26(2)22-8-9-31(7)23(29(22,5)15-18(17-32)24(26)34)21(33)14-19-20-16-28(4,25(35)36)11-10-27(20,3)12-13-30(19,31)6/h14,17,20,22-23,32H,8-13,15-16H2,1-7H3,(H,35,36)/b18-17-/t20-,22-,23+,27+,28+,29-,30+,31+/m0/s1. The van der Waals surface area contributed by atoms with E-state index in [9.17, 15) is 24.6 Å². The number of carbonyl (C=O) groups excluding carboxylic acids is 2. The average Bonchev–Trinajstić information content (AvgIpc) is 2.78. The molecule has 0 heterocycles. The highest BCUT2D eigenvalue weighted by atomic mass is 16.4. The number of ketones is 2. The summed E-state index contributed by atoms with van der Waals surface area (Å²) < 4.78 is 0. The van der Waals surface area contributed by atoms with E-state index in [-0.39, 0.29) is 45.6 Å². The monoisotopic (exact) mass is 496 g/mol. The van der Waals surface area contributed by atoms with Gasteiger partial charge in [0.25, 0.3) is 0 Å². The Bertz CT molecular complexity index is 1110. The van der Waals surface area contributed by atoms with Crippen LogP contribution in [0.3, 0.4) is 0 Å². The molecule has 0 radical (unpaired) electrons. The average molecular weight is 497 g/mol. The SMILES string of the molecule is CC1(C)C(=O)/C(=C\O)C[C@]2(C)[C@H]3C(=O)C=C4[C@@H]5C[C@](C)(C(=O)O)CC[C@]5(C)CC[C@@]4(C)[C@]3(C)CC[C@@H]12. The number of aliphatic hydroxyl groups is 1. The molecule has 5 rings (SSSR count). The lowest BCUT2D eigenvalue weighted by atomic mass is 9.33. The first kappa shape index (κ1) is 25.7. The summed E-state index contributed by atoms with van der Waals surface area (Å²) in [5, 5.41) is 20.1. The zero-order valence-electron chi connectivity index (χ0n) is 23.2. The number of allylic oxidation sites excluding steroid dienone is 3. The van der Waals surface area contributed by atoms with Crippen LogP contribution in [0.5, 0.6) is 0 Å². The van der Waals surface area contributed by atoms with Crippen molar-refractivity contribution in [2.75, 3.05) is 0 Å². The van der Waals surface area contributed by atoms with E-state index in [4.69, 9.17) is 0 Å². The zero-order chi connectivity index (χ0) is 26.7. The van der Waals surface area contributed by atoms with Crippen LogP contribution in [0.2, 0.25) is 0 Å². The Labute approximate surface area is 215 Å². The third kappa shape index (κ3) is 2.92. The van der Waals surface area contributed by atoms with Crippen LogP contribution in [0.1, 0.15) is 99.8 Å². The van der Waals surface area contributed by atoms with E-state index >= 15 is 0 Å². The molecule has 36 heavy (non-hydrogen) atoms. The summed E-state index contributed by atoms with van der Waals surface area (Å²) in [4.78, 5) is 39.8. The van der Waals surface area contributed by atoms with Crippen LogP contribution in [-0.4, -0.2) is 27.7 Å². The van der Waals surface area contributed by atoms with E-state index in [1.54, 1.807) is 0 Å². The lowest BCUT2D eigenvalue weighted by Gasteiger charge is -2.69. The first-order valence-electron chi connectivity index (χ1n) is 13.9. The minimum Gasteiger partial charge on any atom is -0.515 e. The van der Waals surface area contributed by atoms with Crippen LogP contribution >= 0.6 is 0 Å². The summed E-state index contributed by atoms with van der Waals surface area (Å²) in [7, 11) is 0. The molecule has 0 bridgehead atoms. The van der Waals surface area contributed by atoms with Crippen LogP contribution in [-0.2, 0) is 14.4 Å². The molecular formula is C31H44O5. The van der Waals surface area contributed by atoms with Gasteiger partial charge in [0.1, 0.15) is 0 Å². The van der Waals surface area contributed by atoms with Gasteiger partial charge in [0, 0.05) is 16.9 Å². The zero-order valence-corrected chi connectivity index (χ0v) is 23.2. The molecule has 5 heteroatoms.